The summed E-state index contributed by atoms with van der Waals surface area (Å²) in [5.41, 5.74) is 1.90. The summed E-state index contributed by atoms with van der Waals surface area (Å²) in [6.07, 6.45) is 3.39. The maximum atomic E-state index is 9.59. The molecule has 0 fully saturated rings. The molecule has 0 amide bonds. The number of hydrogen-bond acceptors (Lipinski definition) is 4. The lowest BCUT2D eigenvalue weighted by Gasteiger charge is -1.90. The number of rotatable bonds is 0. The molecule has 0 bridgehead atoms. The normalized spacial score (nSPS) is 8.93. The van der Waals surface area contributed by atoms with E-state index in [0.29, 0.717) is 0 Å². The molecular weight excluding hydrogens is 192 g/mol. The van der Waals surface area contributed by atoms with Crippen LogP contribution < -0.4 is 0 Å². The zero-order valence-corrected chi connectivity index (χ0v) is 8.68. The third kappa shape index (κ3) is 3.72. The standard InChI is InChI=1S/C8H6N2.C3H6O2/c1-2-4-8-7(3-1)9-5-6-10-8;1-3(4)5-2/h1-6H;1-2H3. The number of ether oxygens (including phenoxy) is 1. The Labute approximate surface area is 87.9 Å². The summed E-state index contributed by atoms with van der Waals surface area (Å²) in [6, 6.07) is 7.80. The van der Waals surface area contributed by atoms with Gasteiger partial charge in [0.2, 0.25) is 0 Å². The van der Waals surface area contributed by atoms with Crippen molar-refractivity contribution >= 4 is 17.0 Å². The van der Waals surface area contributed by atoms with Gasteiger partial charge in [-0.1, -0.05) is 12.1 Å². The number of hydrogen-bond donors (Lipinski definition) is 0. The van der Waals surface area contributed by atoms with Gasteiger partial charge in [-0.25, -0.2) is 0 Å². The average molecular weight is 204 g/mol. The Hall–Kier alpha value is -1.97. The third-order valence-corrected chi connectivity index (χ3v) is 1.66. The predicted molar refractivity (Wildman–Crippen MR) is 57.2 cm³/mol. The molecular formula is C11H12N2O2. The third-order valence-electron chi connectivity index (χ3n) is 1.66. The molecule has 4 nitrogen and oxygen atoms in total. The number of para-hydroxylation sites is 2. The van der Waals surface area contributed by atoms with Gasteiger partial charge in [0.1, 0.15) is 0 Å². The highest BCUT2D eigenvalue weighted by atomic mass is 16.5. The average Bonchev–Trinajstić information content (AvgIpc) is 2.30. The number of carbonyl (C=O) groups is 1. The summed E-state index contributed by atoms with van der Waals surface area (Å²) in [4.78, 5) is 17.8. The zero-order chi connectivity index (χ0) is 11.1. The fraction of sp³-hybridized carbons (Fsp3) is 0.182. The zero-order valence-electron chi connectivity index (χ0n) is 8.68. The van der Waals surface area contributed by atoms with Gasteiger partial charge in [-0.05, 0) is 12.1 Å². The Morgan fingerprint density at radius 3 is 1.87 bits per heavy atom. The molecule has 15 heavy (non-hydrogen) atoms. The minimum absolute atomic E-state index is 0.245. The number of benzene rings is 1. The van der Waals surface area contributed by atoms with Crippen molar-refractivity contribution in [2.45, 2.75) is 6.92 Å². The van der Waals surface area contributed by atoms with Crippen LogP contribution in [0.5, 0.6) is 0 Å². The maximum Gasteiger partial charge on any atom is 0.302 e. The van der Waals surface area contributed by atoms with E-state index in [1.54, 1.807) is 12.4 Å². The van der Waals surface area contributed by atoms with Gasteiger partial charge in [-0.3, -0.25) is 14.8 Å². The maximum absolute atomic E-state index is 9.59. The van der Waals surface area contributed by atoms with E-state index in [1.807, 2.05) is 24.3 Å². The van der Waals surface area contributed by atoms with Gasteiger partial charge in [-0.2, -0.15) is 0 Å². The molecule has 1 heterocycles. The second-order valence-electron chi connectivity index (χ2n) is 2.74. The minimum atomic E-state index is -0.245. The second-order valence-corrected chi connectivity index (χ2v) is 2.74. The highest BCUT2D eigenvalue weighted by Crippen LogP contribution is 2.04. The van der Waals surface area contributed by atoms with Crippen molar-refractivity contribution in [3.63, 3.8) is 0 Å². The van der Waals surface area contributed by atoms with Crippen LogP contribution in [0.1, 0.15) is 6.92 Å². The fourth-order valence-corrected chi connectivity index (χ4v) is 0.910. The molecule has 0 unspecified atom stereocenters. The molecule has 0 radical (unpaired) electrons. The summed E-state index contributed by atoms with van der Waals surface area (Å²) in [6.45, 7) is 1.36. The molecule has 4 heteroatoms. The van der Waals surface area contributed by atoms with Crippen molar-refractivity contribution in [2.75, 3.05) is 7.11 Å². The van der Waals surface area contributed by atoms with Gasteiger partial charge < -0.3 is 4.74 Å². The highest BCUT2D eigenvalue weighted by Gasteiger charge is 1.88. The molecule has 0 atom stereocenters. The van der Waals surface area contributed by atoms with Crippen LogP contribution in [0.3, 0.4) is 0 Å². The molecule has 1 aromatic carbocycles. The summed E-state index contributed by atoms with van der Waals surface area (Å²) < 4.78 is 4.11. The quantitative estimate of drug-likeness (QED) is 0.614. The van der Waals surface area contributed by atoms with Gasteiger partial charge >= 0.3 is 5.97 Å². The van der Waals surface area contributed by atoms with Crippen molar-refractivity contribution in [1.82, 2.24) is 9.97 Å². The number of aromatic nitrogens is 2. The Morgan fingerprint density at radius 2 is 1.53 bits per heavy atom. The van der Waals surface area contributed by atoms with Gasteiger partial charge in [0.15, 0.2) is 0 Å². The summed E-state index contributed by atoms with van der Waals surface area (Å²) >= 11 is 0. The number of methoxy groups -OCH3 is 1. The first-order chi connectivity index (χ1) is 7.24. The van der Waals surface area contributed by atoms with Crippen LogP contribution in [0.15, 0.2) is 36.7 Å². The van der Waals surface area contributed by atoms with Crippen LogP contribution in [0, 0.1) is 0 Å². The van der Waals surface area contributed by atoms with Crippen molar-refractivity contribution in [2.24, 2.45) is 0 Å². The van der Waals surface area contributed by atoms with Gasteiger partial charge in [0, 0.05) is 19.3 Å². The monoisotopic (exact) mass is 204 g/mol. The summed E-state index contributed by atoms with van der Waals surface area (Å²) in [7, 11) is 1.35. The van der Waals surface area contributed by atoms with Crippen LogP contribution in [0.4, 0.5) is 0 Å². The molecule has 0 aliphatic carbocycles. The van der Waals surface area contributed by atoms with E-state index in [2.05, 4.69) is 14.7 Å². The minimum Gasteiger partial charge on any atom is -0.469 e. The molecule has 0 saturated carbocycles. The predicted octanol–water partition coefficient (Wildman–Crippen LogP) is 1.81. The van der Waals surface area contributed by atoms with E-state index in [0.717, 1.165) is 11.0 Å². The molecule has 78 valence electrons. The Bertz CT molecular complexity index is 378. The smallest absolute Gasteiger partial charge is 0.302 e. The first-order valence-electron chi connectivity index (χ1n) is 4.44. The van der Waals surface area contributed by atoms with E-state index < -0.39 is 0 Å². The fourth-order valence-electron chi connectivity index (χ4n) is 0.910. The van der Waals surface area contributed by atoms with Crippen molar-refractivity contribution in [1.29, 1.82) is 0 Å². The van der Waals surface area contributed by atoms with Crippen molar-refractivity contribution in [3.05, 3.63) is 36.7 Å². The molecule has 0 aliphatic heterocycles. The van der Waals surface area contributed by atoms with Crippen LogP contribution in [0.25, 0.3) is 11.0 Å². The van der Waals surface area contributed by atoms with E-state index in [9.17, 15) is 4.79 Å². The molecule has 0 aliphatic rings. The largest absolute Gasteiger partial charge is 0.469 e. The van der Waals surface area contributed by atoms with Crippen LogP contribution >= 0.6 is 0 Å². The topological polar surface area (TPSA) is 52.1 Å². The lowest BCUT2D eigenvalue weighted by molar-refractivity contribution is -0.137. The Balaban J connectivity index is 0.000000195. The van der Waals surface area contributed by atoms with Crippen LogP contribution in [-0.2, 0) is 9.53 Å². The van der Waals surface area contributed by atoms with E-state index >= 15 is 0 Å². The number of esters is 1. The van der Waals surface area contributed by atoms with E-state index in [4.69, 9.17) is 0 Å². The van der Waals surface area contributed by atoms with E-state index in [1.165, 1.54) is 14.0 Å². The molecule has 2 rings (SSSR count). The first kappa shape index (κ1) is 11.1. The second kappa shape index (κ2) is 5.70. The number of fused-ring (bicyclic) bond motifs is 1. The Morgan fingerprint density at radius 1 is 1.13 bits per heavy atom. The molecule has 0 saturated heterocycles. The van der Waals surface area contributed by atoms with Crippen molar-refractivity contribution in [3.8, 4) is 0 Å². The van der Waals surface area contributed by atoms with Crippen LogP contribution in [0.2, 0.25) is 0 Å². The lowest BCUT2D eigenvalue weighted by atomic mass is 10.3. The first-order valence-corrected chi connectivity index (χ1v) is 4.44. The Kier molecular flexibility index (Phi) is 4.22. The van der Waals surface area contributed by atoms with Gasteiger partial charge in [-0.15, -0.1) is 0 Å². The lowest BCUT2D eigenvalue weighted by Crippen LogP contribution is -1.88. The summed E-state index contributed by atoms with van der Waals surface area (Å²) in [5, 5.41) is 0. The molecule has 0 N–H and O–H groups in total. The number of carbonyl (C=O) groups excluding carboxylic acids is 1. The molecule has 2 aromatic rings. The SMILES string of the molecule is COC(C)=O.c1ccc2nccnc2c1. The van der Waals surface area contributed by atoms with E-state index in [-0.39, 0.29) is 5.97 Å². The molecule has 1 aromatic heterocycles. The highest BCUT2D eigenvalue weighted by molar-refractivity contribution is 5.72. The van der Waals surface area contributed by atoms with Crippen LogP contribution in [-0.4, -0.2) is 23.0 Å². The van der Waals surface area contributed by atoms with Gasteiger partial charge in [0.05, 0.1) is 18.1 Å². The van der Waals surface area contributed by atoms with Gasteiger partial charge in [0.25, 0.3) is 0 Å². The van der Waals surface area contributed by atoms with Crippen molar-refractivity contribution < 1.29 is 9.53 Å². The number of nitrogens with zero attached hydrogens (tertiary/aromatic N) is 2. The summed E-state index contributed by atoms with van der Waals surface area (Å²) in [5.74, 6) is -0.245. The molecule has 0 spiro atoms.